The van der Waals surface area contributed by atoms with Crippen molar-refractivity contribution in [2.45, 2.75) is 6.61 Å². The molecule has 30 heavy (non-hydrogen) atoms. The van der Waals surface area contributed by atoms with Crippen LogP contribution >= 0.6 is 0 Å². The van der Waals surface area contributed by atoms with Crippen molar-refractivity contribution in [2.75, 3.05) is 7.11 Å². The second-order valence-electron chi connectivity index (χ2n) is 6.41. The van der Waals surface area contributed by atoms with Gasteiger partial charge in [0.05, 0.1) is 24.2 Å². The molecule has 0 saturated heterocycles. The number of benzene rings is 3. The molecule has 1 aromatic heterocycles. The smallest absolute Gasteiger partial charge is 0.282 e. The molecule has 1 heterocycles. The third-order valence-electron chi connectivity index (χ3n) is 4.49. The largest absolute Gasteiger partial charge is 0.504 e. The molecule has 0 amide bonds. The van der Waals surface area contributed by atoms with Gasteiger partial charge in [-0.3, -0.25) is 4.79 Å². The molecule has 1 N–H and O–H groups in total. The Morgan fingerprint density at radius 3 is 2.60 bits per heavy atom. The van der Waals surface area contributed by atoms with Gasteiger partial charge in [0.25, 0.3) is 5.56 Å². The maximum Gasteiger partial charge on any atom is 0.282 e. The Balaban J connectivity index is 1.77. The monoisotopic (exact) mass is 401 g/mol. The zero-order valence-corrected chi connectivity index (χ0v) is 16.2. The Labute approximate surface area is 172 Å². The number of aromatic nitrogens is 2. The van der Waals surface area contributed by atoms with Crippen molar-refractivity contribution in [3.8, 4) is 17.2 Å². The molecule has 0 aliphatic carbocycles. The molecule has 0 unspecified atom stereocenters. The quantitative estimate of drug-likeness (QED) is 0.499. The number of fused-ring (bicyclic) bond motifs is 1. The van der Waals surface area contributed by atoms with Gasteiger partial charge in [0.2, 0.25) is 0 Å². The standard InChI is InChI=1S/C23H19N3O4/c1-29-20-13-7-8-16(22(20)27)14-24-26-21(15-30-17-9-3-2-4-10-17)25-19-12-6-5-11-18(19)23(26)28/h2-14,27H,15H2,1H3. The highest BCUT2D eigenvalue weighted by molar-refractivity contribution is 5.85. The molecule has 4 aromatic rings. The van der Waals surface area contributed by atoms with E-state index in [0.29, 0.717) is 33.8 Å². The van der Waals surface area contributed by atoms with Crippen LogP contribution in [0.5, 0.6) is 17.2 Å². The number of methoxy groups -OCH3 is 1. The predicted molar refractivity (Wildman–Crippen MR) is 114 cm³/mol. The van der Waals surface area contributed by atoms with E-state index in [9.17, 15) is 9.90 Å². The van der Waals surface area contributed by atoms with Gasteiger partial charge in [0, 0.05) is 5.56 Å². The molecular weight excluding hydrogens is 382 g/mol. The lowest BCUT2D eigenvalue weighted by molar-refractivity contribution is 0.289. The summed E-state index contributed by atoms with van der Waals surface area (Å²) in [5, 5.41) is 15.0. The van der Waals surface area contributed by atoms with Crippen molar-refractivity contribution in [1.29, 1.82) is 0 Å². The van der Waals surface area contributed by atoms with E-state index in [-0.39, 0.29) is 17.9 Å². The molecule has 150 valence electrons. The Kier molecular flexibility index (Phi) is 5.43. The maximum absolute atomic E-state index is 13.1. The number of phenols is 1. The lowest BCUT2D eigenvalue weighted by atomic mass is 10.2. The SMILES string of the molecule is COc1cccc(C=Nn2c(COc3ccccc3)nc3ccccc3c2=O)c1O. The molecule has 0 bridgehead atoms. The first-order valence-electron chi connectivity index (χ1n) is 9.26. The molecule has 0 radical (unpaired) electrons. The lowest BCUT2D eigenvalue weighted by Gasteiger charge is -2.11. The molecule has 0 atom stereocenters. The van der Waals surface area contributed by atoms with Crippen LogP contribution in [0.2, 0.25) is 0 Å². The maximum atomic E-state index is 13.1. The van der Waals surface area contributed by atoms with Gasteiger partial charge in [0.1, 0.15) is 12.4 Å². The fourth-order valence-electron chi connectivity index (χ4n) is 2.97. The third-order valence-corrected chi connectivity index (χ3v) is 4.49. The number of ether oxygens (including phenoxy) is 2. The number of para-hydroxylation sites is 3. The van der Waals surface area contributed by atoms with Crippen molar-refractivity contribution >= 4 is 17.1 Å². The van der Waals surface area contributed by atoms with Crippen LogP contribution < -0.4 is 15.0 Å². The fraction of sp³-hybridized carbons (Fsp3) is 0.0870. The summed E-state index contributed by atoms with van der Waals surface area (Å²) in [6, 6.07) is 21.3. The third kappa shape index (κ3) is 3.86. The normalized spacial score (nSPS) is 11.1. The second-order valence-corrected chi connectivity index (χ2v) is 6.41. The van der Waals surface area contributed by atoms with Gasteiger partial charge in [-0.25, -0.2) is 4.98 Å². The summed E-state index contributed by atoms with van der Waals surface area (Å²) in [4.78, 5) is 17.6. The van der Waals surface area contributed by atoms with Crippen molar-refractivity contribution in [1.82, 2.24) is 9.66 Å². The van der Waals surface area contributed by atoms with E-state index in [0.717, 1.165) is 0 Å². The van der Waals surface area contributed by atoms with E-state index in [1.165, 1.54) is 18.0 Å². The average Bonchev–Trinajstić information content (AvgIpc) is 2.79. The number of aromatic hydroxyl groups is 1. The summed E-state index contributed by atoms with van der Waals surface area (Å²) in [5.41, 5.74) is 0.639. The molecule has 0 fully saturated rings. The minimum atomic E-state index is -0.328. The summed E-state index contributed by atoms with van der Waals surface area (Å²) in [7, 11) is 1.47. The van der Waals surface area contributed by atoms with E-state index in [1.807, 2.05) is 36.4 Å². The van der Waals surface area contributed by atoms with E-state index in [2.05, 4.69) is 10.1 Å². The number of nitrogens with zero attached hydrogens (tertiary/aromatic N) is 3. The van der Waals surface area contributed by atoms with Crippen LogP contribution in [0.15, 0.2) is 82.7 Å². The van der Waals surface area contributed by atoms with E-state index in [4.69, 9.17) is 9.47 Å². The highest BCUT2D eigenvalue weighted by atomic mass is 16.5. The molecule has 7 nitrogen and oxygen atoms in total. The van der Waals surface area contributed by atoms with Crippen LogP contribution in [0.3, 0.4) is 0 Å². The van der Waals surface area contributed by atoms with Gasteiger partial charge in [-0.05, 0) is 36.4 Å². The highest BCUT2D eigenvalue weighted by Gasteiger charge is 2.12. The Morgan fingerprint density at radius 2 is 1.80 bits per heavy atom. The van der Waals surface area contributed by atoms with E-state index >= 15 is 0 Å². The summed E-state index contributed by atoms with van der Waals surface area (Å²) >= 11 is 0. The summed E-state index contributed by atoms with van der Waals surface area (Å²) in [6.45, 7) is 0.0471. The van der Waals surface area contributed by atoms with Crippen molar-refractivity contribution < 1.29 is 14.6 Å². The summed E-state index contributed by atoms with van der Waals surface area (Å²) < 4.78 is 12.1. The molecule has 3 aromatic carbocycles. The van der Waals surface area contributed by atoms with Crippen LogP contribution in [-0.4, -0.2) is 28.1 Å². The van der Waals surface area contributed by atoms with Gasteiger partial charge in [0.15, 0.2) is 17.3 Å². The second kappa shape index (κ2) is 8.48. The van der Waals surface area contributed by atoms with Crippen molar-refractivity contribution in [3.05, 3.63) is 94.5 Å². The van der Waals surface area contributed by atoms with Crippen LogP contribution in [0, 0.1) is 0 Å². The van der Waals surface area contributed by atoms with Crippen LogP contribution in [0.1, 0.15) is 11.4 Å². The number of hydrogen-bond donors (Lipinski definition) is 1. The van der Waals surface area contributed by atoms with Crippen LogP contribution in [-0.2, 0) is 6.61 Å². The van der Waals surface area contributed by atoms with E-state index in [1.54, 1.807) is 36.4 Å². The fourth-order valence-corrected chi connectivity index (χ4v) is 2.97. The highest BCUT2D eigenvalue weighted by Crippen LogP contribution is 2.28. The Morgan fingerprint density at radius 1 is 1.03 bits per heavy atom. The molecule has 0 aliphatic rings. The van der Waals surface area contributed by atoms with Crippen LogP contribution in [0.25, 0.3) is 10.9 Å². The summed E-state index contributed by atoms with van der Waals surface area (Å²) in [6.07, 6.45) is 1.39. The van der Waals surface area contributed by atoms with Crippen molar-refractivity contribution in [2.24, 2.45) is 5.10 Å². The van der Waals surface area contributed by atoms with Gasteiger partial charge in [-0.2, -0.15) is 9.78 Å². The minimum Gasteiger partial charge on any atom is -0.504 e. The lowest BCUT2D eigenvalue weighted by Crippen LogP contribution is -2.23. The Hall–Kier alpha value is -4.13. The number of rotatable bonds is 6. The van der Waals surface area contributed by atoms with Gasteiger partial charge in [-0.15, -0.1) is 0 Å². The molecule has 0 spiro atoms. The first-order valence-corrected chi connectivity index (χ1v) is 9.26. The molecular formula is C23H19N3O4. The molecule has 0 aliphatic heterocycles. The zero-order valence-electron chi connectivity index (χ0n) is 16.2. The molecule has 4 rings (SSSR count). The zero-order chi connectivity index (χ0) is 20.9. The van der Waals surface area contributed by atoms with Gasteiger partial charge < -0.3 is 14.6 Å². The molecule has 0 saturated carbocycles. The van der Waals surface area contributed by atoms with E-state index < -0.39 is 0 Å². The topological polar surface area (TPSA) is 85.9 Å². The van der Waals surface area contributed by atoms with Crippen LogP contribution in [0.4, 0.5) is 0 Å². The van der Waals surface area contributed by atoms with Gasteiger partial charge in [-0.1, -0.05) is 36.4 Å². The number of phenolic OH excluding ortho intramolecular Hbond substituents is 1. The number of hydrogen-bond acceptors (Lipinski definition) is 6. The summed E-state index contributed by atoms with van der Waals surface area (Å²) in [5.74, 6) is 1.24. The van der Waals surface area contributed by atoms with Gasteiger partial charge >= 0.3 is 0 Å². The first kappa shape index (κ1) is 19.2. The van der Waals surface area contributed by atoms with Crippen molar-refractivity contribution in [3.63, 3.8) is 0 Å². The predicted octanol–water partition coefficient (Wildman–Crippen LogP) is 3.57. The molecule has 7 heteroatoms. The average molecular weight is 401 g/mol. The minimum absolute atomic E-state index is 0.0471. The Bertz CT molecular complexity index is 1270. The first-order chi connectivity index (χ1) is 14.7.